The van der Waals surface area contributed by atoms with Crippen LogP contribution >= 0.6 is 0 Å². The Morgan fingerprint density at radius 1 is 0.324 bits per heavy atom. The smallest absolute Gasteiger partial charge is 0.0558 e. The van der Waals surface area contributed by atoms with Gasteiger partial charge < -0.3 is 10.0 Å². The summed E-state index contributed by atoms with van der Waals surface area (Å²) >= 11 is 0. The molecule has 206 valence electrons. The van der Waals surface area contributed by atoms with Gasteiger partial charge in [-0.05, 0) is 25.9 Å². The molecular formula is C32H67NO. The van der Waals surface area contributed by atoms with Crippen molar-refractivity contribution in [1.29, 1.82) is 0 Å². The van der Waals surface area contributed by atoms with Crippen molar-refractivity contribution in [3.8, 4) is 0 Å². The molecule has 0 radical (unpaired) electrons. The Morgan fingerprint density at radius 2 is 0.559 bits per heavy atom. The summed E-state index contributed by atoms with van der Waals surface area (Å²) in [7, 11) is 0. The van der Waals surface area contributed by atoms with Gasteiger partial charge in [0.25, 0.3) is 0 Å². The summed E-state index contributed by atoms with van der Waals surface area (Å²) < 4.78 is 0. The van der Waals surface area contributed by atoms with Crippen LogP contribution < -0.4 is 0 Å². The molecule has 0 atom stereocenters. The van der Waals surface area contributed by atoms with E-state index < -0.39 is 0 Å². The maximum Gasteiger partial charge on any atom is 0.0558 e. The lowest BCUT2D eigenvalue weighted by molar-refractivity contribution is 0.190. The number of nitrogens with zero attached hydrogens (tertiary/aromatic N) is 1. The van der Waals surface area contributed by atoms with Crippen LogP contribution in [0.5, 0.6) is 0 Å². The summed E-state index contributed by atoms with van der Waals surface area (Å²) in [5, 5.41) is 9.40. The minimum atomic E-state index is 0.316. The zero-order valence-electron chi connectivity index (χ0n) is 24.1. The second-order valence-electron chi connectivity index (χ2n) is 11.1. The van der Waals surface area contributed by atoms with Crippen LogP contribution in [0.3, 0.4) is 0 Å². The summed E-state index contributed by atoms with van der Waals surface area (Å²) in [5.41, 5.74) is 0. The van der Waals surface area contributed by atoms with E-state index in [1.165, 1.54) is 180 Å². The lowest BCUT2D eigenvalue weighted by Gasteiger charge is -2.21. The number of hydrogen-bond acceptors (Lipinski definition) is 2. The van der Waals surface area contributed by atoms with Crippen LogP contribution in [0, 0.1) is 0 Å². The van der Waals surface area contributed by atoms with Crippen molar-refractivity contribution >= 4 is 0 Å². The summed E-state index contributed by atoms with van der Waals surface area (Å²) in [6, 6.07) is 0. The van der Waals surface area contributed by atoms with Crippen molar-refractivity contribution in [2.75, 3.05) is 26.2 Å². The Hall–Kier alpha value is -0.0800. The highest BCUT2D eigenvalue weighted by Crippen LogP contribution is 2.14. The van der Waals surface area contributed by atoms with Crippen LogP contribution in [-0.4, -0.2) is 36.2 Å². The van der Waals surface area contributed by atoms with E-state index in [1.54, 1.807) is 0 Å². The first-order valence-corrected chi connectivity index (χ1v) is 16.2. The first kappa shape index (κ1) is 33.9. The molecule has 0 unspecified atom stereocenters. The molecule has 0 aliphatic rings. The molecule has 0 bridgehead atoms. The van der Waals surface area contributed by atoms with Gasteiger partial charge in [-0.1, -0.05) is 168 Å². The van der Waals surface area contributed by atoms with Gasteiger partial charge in [-0.3, -0.25) is 0 Å². The molecule has 0 aromatic carbocycles. The molecule has 0 saturated carbocycles. The van der Waals surface area contributed by atoms with Gasteiger partial charge in [0.05, 0.1) is 6.61 Å². The van der Waals surface area contributed by atoms with E-state index >= 15 is 0 Å². The SMILES string of the molecule is CCCCCCCCCCCCCCCCN(CCO)CCCCCCCCCCCCCC. The van der Waals surface area contributed by atoms with E-state index in [9.17, 15) is 5.11 Å². The fourth-order valence-electron chi connectivity index (χ4n) is 5.18. The van der Waals surface area contributed by atoms with Gasteiger partial charge in [0.2, 0.25) is 0 Å². The molecule has 2 heteroatoms. The fourth-order valence-corrected chi connectivity index (χ4v) is 5.18. The lowest BCUT2D eigenvalue weighted by atomic mass is 10.0. The molecule has 0 amide bonds. The number of hydrogen-bond donors (Lipinski definition) is 1. The quantitative estimate of drug-likeness (QED) is 0.103. The van der Waals surface area contributed by atoms with E-state index in [0.29, 0.717) is 6.61 Å². The topological polar surface area (TPSA) is 23.5 Å². The second-order valence-corrected chi connectivity index (χ2v) is 11.1. The Labute approximate surface area is 217 Å². The van der Waals surface area contributed by atoms with Crippen LogP contribution in [-0.2, 0) is 0 Å². The summed E-state index contributed by atoms with van der Waals surface area (Å²) in [6.07, 6.45) is 36.9. The van der Waals surface area contributed by atoms with Gasteiger partial charge in [0.15, 0.2) is 0 Å². The fraction of sp³-hybridized carbons (Fsp3) is 1.00. The van der Waals surface area contributed by atoms with E-state index in [0.717, 1.165) is 6.54 Å². The molecule has 0 aliphatic heterocycles. The largest absolute Gasteiger partial charge is 0.395 e. The van der Waals surface area contributed by atoms with Gasteiger partial charge in [0.1, 0.15) is 0 Å². The molecule has 0 aliphatic carbocycles. The first-order chi connectivity index (χ1) is 16.8. The molecule has 2 nitrogen and oxygen atoms in total. The Bertz CT molecular complexity index is 346. The number of unbranched alkanes of at least 4 members (excludes halogenated alkanes) is 24. The molecule has 0 heterocycles. The third kappa shape index (κ3) is 28.2. The third-order valence-corrected chi connectivity index (χ3v) is 7.57. The molecular weight excluding hydrogens is 414 g/mol. The van der Waals surface area contributed by atoms with Crippen molar-refractivity contribution < 1.29 is 5.11 Å². The predicted octanol–water partition coefficient (Wildman–Crippen LogP) is 10.5. The lowest BCUT2D eigenvalue weighted by Crippen LogP contribution is -2.29. The minimum Gasteiger partial charge on any atom is -0.395 e. The van der Waals surface area contributed by atoms with Crippen molar-refractivity contribution in [3.63, 3.8) is 0 Å². The van der Waals surface area contributed by atoms with E-state index in [1.807, 2.05) is 0 Å². The van der Waals surface area contributed by atoms with Gasteiger partial charge in [-0.15, -0.1) is 0 Å². The summed E-state index contributed by atoms with van der Waals surface area (Å²) in [5.74, 6) is 0. The van der Waals surface area contributed by atoms with Crippen molar-refractivity contribution in [1.82, 2.24) is 4.90 Å². The predicted molar refractivity (Wildman–Crippen MR) is 155 cm³/mol. The molecule has 0 spiro atoms. The Morgan fingerprint density at radius 3 is 0.794 bits per heavy atom. The summed E-state index contributed by atoms with van der Waals surface area (Å²) in [4.78, 5) is 2.51. The van der Waals surface area contributed by atoms with Crippen LogP contribution in [0.1, 0.15) is 181 Å². The van der Waals surface area contributed by atoms with Gasteiger partial charge in [0, 0.05) is 6.54 Å². The molecule has 34 heavy (non-hydrogen) atoms. The Kier molecular flexibility index (Phi) is 30.9. The third-order valence-electron chi connectivity index (χ3n) is 7.57. The first-order valence-electron chi connectivity index (χ1n) is 16.2. The van der Waals surface area contributed by atoms with Gasteiger partial charge in [-0.2, -0.15) is 0 Å². The van der Waals surface area contributed by atoms with E-state index in [2.05, 4.69) is 18.7 Å². The van der Waals surface area contributed by atoms with E-state index in [-0.39, 0.29) is 0 Å². The maximum absolute atomic E-state index is 9.40. The standard InChI is InChI=1S/C32H67NO/c1-3-5-7-9-11-13-15-17-18-20-22-24-26-28-30-33(31-32-34)29-27-25-23-21-19-16-14-12-10-8-6-4-2/h34H,3-32H2,1-2H3. The van der Waals surface area contributed by atoms with Crippen LogP contribution in [0.15, 0.2) is 0 Å². The van der Waals surface area contributed by atoms with Crippen LogP contribution in [0.2, 0.25) is 0 Å². The maximum atomic E-state index is 9.40. The normalized spacial score (nSPS) is 11.6. The second kappa shape index (κ2) is 31.0. The average Bonchev–Trinajstić information content (AvgIpc) is 2.84. The molecule has 0 aromatic rings. The minimum absolute atomic E-state index is 0.316. The van der Waals surface area contributed by atoms with Crippen molar-refractivity contribution in [2.24, 2.45) is 0 Å². The zero-order valence-corrected chi connectivity index (χ0v) is 24.1. The molecule has 0 fully saturated rings. The highest BCUT2D eigenvalue weighted by Gasteiger charge is 2.04. The number of aliphatic hydroxyl groups excluding tert-OH is 1. The molecule has 0 saturated heterocycles. The van der Waals surface area contributed by atoms with Crippen molar-refractivity contribution in [2.45, 2.75) is 181 Å². The Balaban J connectivity index is 3.37. The zero-order chi connectivity index (χ0) is 24.8. The number of rotatable bonds is 30. The average molecular weight is 482 g/mol. The summed E-state index contributed by atoms with van der Waals surface area (Å²) in [6.45, 7) is 8.16. The molecule has 0 aromatic heterocycles. The van der Waals surface area contributed by atoms with E-state index in [4.69, 9.17) is 0 Å². The number of aliphatic hydroxyl groups is 1. The van der Waals surface area contributed by atoms with Crippen molar-refractivity contribution in [3.05, 3.63) is 0 Å². The highest BCUT2D eigenvalue weighted by atomic mass is 16.3. The van der Waals surface area contributed by atoms with Crippen LogP contribution in [0.25, 0.3) is 0 Å². The molecule has 1 N–H and O–H groups in total. The highest BCUT2D eigenvalue weighted by molar-refractivity contribution is 4.59. The van der Waals surface area contributed by atoms with Gasteiger partial charge in [-0.25, -0.2) is 0 Å². The van der Waals surface area contributed by atoms with Crippen LogP contribution in [0.4, 0.5) is 0 Å². The monoisotopic (exact) mass is 482 g/mol. The molecule has 0 rings (SSSR count). The van der Waals surface area contributed by atoms with Gasteiger partial charge >= 0.3 is 0 Å².